The van der Waals surface area contributed by atoms with Crippen molar-refractivity contribution in [2.75, 3.05) is 67.0 Å². The first-order chi connectivity index (χ1) is 58.6. The number of carbonyl (C=O) groups excluding carboxylic acids is 4. The van der Waals surface area contributed by atoms with Crippen molar-refractivity contribution >= 4 is 35.6 Å². The van der Waals surface area contributed by atoms with E-state index < -0.39 is 66.9 Å². The van der Waals surface area contributed by atoms with Gasteiger partial charge < -0.3 is 125 Å². The third kappa shape index (κ3) is 25.1. The SMILES string of the molecule is CC1(C)OC2C(O)O[C@H](CN)[C@H]2O1.CCCCO[C@@H]1C(N)[C@H](Sc2ccc(OC)cc2)OC2COC(c3ccccc3)O[C@@H]21.COc1ccc(COCC2OCC(N3C(=O)c4ccccc4C3=O)[C@@H](C)[C@H]2N)cc1.C[C@@H]1C(OCCCNC(=O)OC(C)(C)C)[C@H](N)OC2COC(c3ccccc3)O[C@@H]21.C[C@@H]1[C@@H](O)[C@H](OC(=O)c2ccccc2)CC[C@H]1N. The van der Waals surface area contributed by atoms with Gasteiger partial charge in [-0.15, -0.1) is 0 Å². The molecule has 0 aromatic heterocycles. The van der Waals surface area contributed by atoms with Crippen LogP contribution in [0.4, 0.5) is 4.79 Å². The molecule has 30 nitrogen and oxygen atoms in total. The minimum Gasteiger partial charge on any atom is -0.497 e. The highest BCUT2D eigenvalue weighted by atomic mass is 32.2. The molecule has 0 radical (unpaired) electrons. The van der Waals surface area contributed by atoms with Crippen LogP contribution in [0, 0.1) is 17.8 Å². The zero-order valence-corrected chi connectivity index (χ0v) is 72.4. The number of unbranched alkanes of at least 4 members (excludes halogenated alkanes) is 1. The van der Waals surface area contributed by atoms with Gasteiger partial charge in [-0.1, -0.05) is 149 Å². The maximum atomic E-state index is 12.8. The van der Waals surface area contributed by atoms with Crippen LogP contribution in [0.1, 0.15) is 155 Å². The molecule has 8 aliphatic heterocycles. The maximum absolute atomic E-state index is 12.8. The topological polar surface area (TPSA) is 411 Å². The van der Waals surface area contributed by atoms with Gasteiger partial charge in [-0.25, -0.2) is 9.59 Å². The lowest BCUT2D eigenvalue weighted by Gasteiger charge is -2.48. The van der Waals surface area contributed by atoms with Gasteiger partial charge in [0.1, 0.15) is 83.7 Å². The monoisotopic (exact) mass is 1720 g/mol. The number of aliphatic hydroxyl groups is 2. The molecule has 13 N–H and O–H groups in total. The van der Waals surface area contributed by atoms with Crippen LogP contribution in [-0.4, -0.2) is 233 Å². The van der Waals surface area contributed by atoms with Crippen LogP contribution >= 0.6 is 11.8 Å². The van der Waals surface area contributed by atoms with E-state index >= 15 is 0 Å². The standard InChI is InChI=1S/C24H31NO5S.C23H26N2O5.C22H34N2O6.C14H19NO3.C8H15NO4/c1-3-4-14-27-22-20(25)24(31-18-12-10-17(26-2)11-13-18)29-19-15-28-23(30-21(19)22)16-8-6-5-7-9-16;1-14-19(25-22(26)17-5-3-4-6-18(17)23(25)27)12-30-20(21(14)24)13-29-11-15-7-9-16(28-2)10-8-15;1-14-17-16(13-27-20(29-17)15-9-6-5-7-10-15)28-19(23)18(14)26-12-8-11-24-21(25)30-22(2,3)4;1-9-11(15)7-8-12(13(9)16)18-14(17)10-5-3-2-4-6-10;1-8(2)12-5-4(3-9)11-7(10)6(5)13-8/h5-13,19-24H,3-4,14-15,25H2,1-2H3;3-10,14,19-21H,11-13,24H2,1-2H3;5-7,9-10,14,16-20H,8,11-13,23H2,1-4H3,(H,24,25);2-6,9,11-13,16H,7-8,15H2,1H3;4-7,10H,3,9H2,1-2H3/t19?,20?,21-,22+,23?,24-;14-,19?,20?,21-;14-,16?,17+,18?,19+,20?;9-,11+,12+,13+;4-,5-,6?,7?/m01001/s1. The van der Waals surface area contributed by atoms with Gasteiger partial charge in [0.25, 0.3) is 11.8 Å². The Morgan fingerprint density at radius 3 is 1.75 bits per heavy atom. The molecule has 10 unspecified atom stereocenters. The van der Waals surface area contributed by atoms with Crippen LogP contribution < -0.4 is 43.5 Å². The fourth-order valence-electron chi connectivity index (χ4n) is 15.8. The largest absolute Gasteiger partial charge is 0.497 e. The van der Waals surface area contributed by atoms with Crippen molar-refractivity contribution in [1.82, 2.24) is 10.2 Å². The van der Waals surface area contributed by atoms with Gasteiger partial charge in [-0.2, -0.15) is 0 Å². The summed E-state index contributed by atoms with van der Waals surface area (Å²) in [5.41, 5.74) is 34.2. The second kappa shape index (κ2) is 45.0. The number of ether oxygens (including phenoxy) is 17. The average Bonchev–Trinajstić information content (AvgIpc) is 1.52. The summed E-state index contributed by atoms with van der Waals surface area (Å²) in [4.78, 5) is 51.5. The Bertz CT molecular complexity index is 4170. The first-order valence-corrected chi connectivity index (χ1v) is 43.1. The van der Waals surface area contributed by atoms with Crippen molar-refractivity contribution in [1.29, 1.82) is 0 Å². The number of aliphatic hydroxyl groups excluding tert-OH is 2. The number of amides is 3. The van der Waals surface area contributed by atoms with Crippen LogP contribution in [-0.2, 0) is 77.7 Å². The Morgan fingerprint density at radius 2 is 1.16 bits per heavy atom. The molecule has 6 aromatic rings. The summed E-state index contributed by atoms with van der Waals surface area (Å²) >= 11 is 1.59. The minimum absolute atomic E-state index is 0.0216. The number of hydrogen-bond donors (Lipinski definition) is 8. The minimum atomic E-state index is -0.916. The molecule has 1 saturated carbocycles. The second-order valence-electron chi connectivity index (χ2n) is 33.1. The van der Waals surface area contributed by atoms with E-state index in [1.54, 1.807) is 74.5 Å². The predicted octanol–water partition coefficient (Wildman–Crippen LogP) is 9.61. The average molecular weight is 1720 g/mol. The van der Waals surface area contributed by atoms with E-state index in [2.05, 4.69) is 19.2 Å². The number of nitrogens with two attached hydrogens (primary N) is 5. The molecule has 1 aliphatic carbocycles. The van der Waals surface area contributed by atoms with Crippen molar-refractivity contribution < 1.29 is 110 Å². The molecule has 668 valence electrons. The lowest BCUT2D eigenvalue weighted by molar-refractivity contribution is -0.320. The quantitative estimate of drug-likeness (QED) is 0.0168. The van der Waals surface area contributed by atoms with E-state index in [1.807, 2.05) is 164 Å². The Kier molecular flexibility index (Phi) is 35.0. The molecular formula is C91H125N7O23S. The second-order valence-corrected chi connectivity index (χ2v) is 34.3. The van der Waals surface area contributed by atoms with Crippen molar-refractivity contribution in [3.63, 3.8) is 0 Å². The highest BCUT2D eigenvalue weighted by molar-refractivity contribution is 7.99. The molecule has 0 bridgehead atoms. The zero-order valence-electron chi connectivity index (χ0n) is 71.6. The molecule has 3 amide bonds. The van der Waals surface area contributed by atoms with Crippen LogP contribution in [0.3, 0.4) is 0 Å². The number of imide groups is 1. The summed E-state index contributed by atoms with van der Waals surface area (Å²) in [5.74, 6) is -0.106. The van der Waals surface area contributed by atoms with E-state index in [-0.39, 0.29) is 121 Å². The predicted molar refractivity (Wildman–Crippen MR) is 453 cm³/mol. The van der Waals surface area contributed by atoms with Crippen molar-refractivity contribution in [2.24, 2.45) is 46.4 Å². The Morgan fingerprint density at radius 1 is 0.607 bits per heavy atom. The van der Waals surface area contributed by atoms with E-state index in [0.29, 0.717) is 82.3 Å². The molecule has 7 saturated heterocycles. The normalized spacial score (nSPS) is 31.8. The van der Waals surface area contributed by atoms with Crippen LogP contribution in [0.2, 0.25) is 0 Å². The molecule has 15 rings (SSSR count). The molecule has 8 heterocycles. The summed E-state index contributed by atoms with van der Waals surface area (Å²) in [6, 6.07) is 49.9. The summed E-state index contributed by atoms with van der Waals surface area (Å²) in [7, 11) is 3.29. The van der Waals surface area contributed by atoms with Crippen LogP contribution in [0.15, 0.2) is 169 Å². The number of alkyl carbamates (subject to hydrolysis) is 1. The Labute approximate surface area is 719 Å². The molecule has 31 heteroatoms. The number of nitrogens with zero attached hydrogens (tertiary/aromatic N) is 1. The molecule has 6 aromatic carbocycles. The first-order valence-electron chi connectivity index (χ1n) is 42.2. The Balaban J connectivity index is 0.000000153. The molecule has 122 heavy (non-hydrogen) atoms. The zero-order chi connectivity index (χ0) is 87.4. The Hall–Kier alpha value is -7.65. The molecule has 8 fully saturated rings. The molecular weight excluding hydrogens is 1590 g/mol. The number of fused-ring (bicyclic) bond motifs is 4. The van der Waals surface area contributed by atoms with Gasteiger partial charge in [0.2, 0.25) is 0 Å². The van der Waals surface area contributed by atoms with Gasteiger partial charge in [0.15, 0.2) is 24.7 Å². The lowest BCUT2D eigenvalue weighted by Crippen LogP contribution is -2.64. The van der Waals surface area contributed by atoms with Gasteiger partial charge >= 0.3 is 12.1 Å². The summed E-state index contributed by atoms with van der Waals surface area (Å²) in [6.45, 7) is 20.9. The van der Waals surface area contributed by atoms with Gasteiger partial charge in [0, 0.05) is 66.2 Å². The number of thioether (sulfide) groups is 1. The van der Waals surface area contributed by atoms with Gasteiger partial charge in [-0.3, -0.25) is 14.5 Å². The highest BCUT2D eigenvalue weighted by Gasteiger charge is 2.55. The summed E-state index contributed by atoms with van der Waals surface area (Å²) < 4.78 is 97.9. The number of rotatable bonds is 23. The van der Waals surface area contributed by atoms with E-state index in [4.69, 9.17) is 109 Å². The van der Waals surface area contributed by atoms with Gasteiger partial charge in [0.05, 0.1) is 94.3 Å². The number of carbonyl (C=O) groups is 4. The van der Waals surface area contributed by atoms with Gasteiger partial charge in [-0.05, 0) is 132 Å². The first kappa shape index (κ1) is 95.0. The molecule has 0 spiro atoms. The van der Waals surface area contributed by atoms with Crippen LogP contribution in [0.25, 0.3) is 0 Å². The number of hydrogen-bond acceptors (Lipinski definition) is 29. The fraction of sp³-hybridized carbons (Fsp3) is 0.560. The van der Waals surface area contributed by atoms with Crippen LogP contribution in [0.5, 0.6) is 11.5 Å². The van der Waals surface area contributed by atoms with Crippen molar-refractivity contribution in [3.8, 4) is 11.5 Å². The summed E-state index contributed by atoms with van der Waals surface area (Å²) in [6.07, 6.45) is -2.51. The smallest absolute Gasteiger partial charge is 0.407 e. The molecule has 9 aliphatic rings. The fourth-order valence-corrected chi connectivity index (χ4v) is 16.8. The van der Waals surface area contributed by atoms with E-state index in [9.17, 15) is 29.4 Å². The maximum Gasteiger partial charge on any atom is 0.407 e. The number of esters is 1. The third-order valence-corrected chi connectivity index (χ3v) is 23.9. The van der Waals surface area contributed by atoms with E-state index in [0.717, 1.165) is 52.3 Å². The number of benzene rings is 6. The summed E-state index contributed by atoms with van der Waals surface area (Å²) in [5, 5.41) is 22.2. The lowest BCUT2D eigenvalue weighted by atomic mass is 9.82. The van der Waals surface area contributed by atoms with Crippen molar-refractivity contribution in [3.05, 3.63) is 197 Å². The number of methoxy groups -OCH3 is 2. The third-order valence-electron chi connectivity index (χ3n) is 22.7. The highest BCUT2D eigenvalue weighted by Crippen LogP contribution is 2.43. The number of nitrogens with one attached hydrogen (secondary N) is 1. The molecule has 24 atom stereocenters. The van der Waals surface area contributed by atoms with Crippen molar-refractivity contribution in [2.45, 2.75) is 245 Å². The van der Waals surface area contributed by atoms with E-state index in [1.165, 1.54) is 4.90 Å².